The molecular weight excluding hydrogens is 498 g/mol. The Kier molecular flexibility index (Phi) is 6.96. The summed E-state index contributed by atoms with van der Waals surface area (Å²) >= 11 is 1.68. The highest BCUT2D eigenvalue weighted by Crippen LogP contribution is 2.47. The summed E-state index contributed by atoms with van der Waals surface area (Å²) in [7, 11) is 8.33. The van der Waals surface area contributed by atoms with E-state index in [2.05, 4.69) is 127 Å². The Morgan fingerprint density at radius 3 is 2.18 bits per heavy atom. The zero-order chi connectivity index (χ0) is 26.9. The number of hydrogen-bond acceptors (Lipinski definition) is 6. The lowest BCUT2D eigenvalue weighted by atomic mass is 9.77. The van der Waals surface area contributed by atoms with E-state index in [9.17, 15) is 0 Å². The summed E-state index contributed by atoms with van der Waals surface area (Å²) in [5.41, 5.74) is 9.64. The van der Waals surface area contributed by atoms with Crippen LogP contribution in [0.2, 0.25) is 0 Å². The van der Waals surface area contributed by atoms with E-state index in [1.165, 1.54) is 40.2 Å². The van der Waals surface area contributed by atoms with E-state index < -0.39 is 0 Å². The summed E-state index contributed by atoms with van der Waals surface area (Å²) in [5.74, 6) is 0.334. The third-order valence-electron chi connectivity index (χ3n) is 7.76. The van der Waals surface area contributed by atoms with Crippen LogP contribution >= 0.6 is 11.3 Å². The molecule has 0 N–H and O–H groups in total. The first-order chi connectivity index (χ1) is 19.0. The van der Waals surface area contributed by atoms with Gasteiger partial charge in [0.05, 0.1) is 17.4 Å². The highest BCUT2D eigenvalue weighted by Gasteiger charge is 2.42. The van der Waals surface area contributed by atoms with Gasteiger partial charge in [0.2, 0.25) is 5.13 Å². The van der Waals surface area contributed by atoms with Crippen molar-refractivity contribution in [3.8, 4) is 11.3 Å². The minimum absolute atomic E-state index is 0.130. The number of hydrazone groups is 1. The number of allylic oxidation sites excluding steroid dienone is 1. The first-order valence-electron chi connectivity index (χ1n) is 13.6. The van der Waals surface area contributed by atoms with E-state index in [1.807, 2.05) is 6.07 Å². The molecule has 5 nitrogen and oxygen atoms in total. The van der Waals surface area contributed by atoms with Crippen molar-refractivity contribution in [2.45, 2.75) is 25.3 Å². The van der Waals surface area contributed by atoms with Crippen molar-refractivity contribution in [3.63, 3.8) is 0 Å². The summed E-state index contributed by atoms with van der Waals surface area (Å²) in [6.45, 7) is 0. The molecule has 1 fully saturated rings. The van der Waals surface area contributed by atoms with Crippen LogP contribution < -0.4 is 14.8 Å². The van der Waals surface area contributed by atoms with Crippen LogP contribution in [0.4, 0.5) is 16.5 Å². The van der Waals surface area contributed by atoms with Gasteiger partial charge in [-0.25, -0.2) is 9.99 Å². The fourth-order valence-corrected chi connectivity index (χ4v) is 6.46. The van der Waals surface area contributed by atoms with Gasteiger partial charge in [-0.05, 0) is 66.3 Å². The number of benzene rings is 3. The van der Waals surface area contributed by atoms with Gasteiger partial charge < -0.3 is 9.80 Å². The van der Waals surface area contributed by atoms with Crippen molar-refractivity contribution in [1.29, 1.82) is 0 Å². The third-order valence-corrected chi connectivity index (χ3v) is 8.59. The van der Waals surface area contributed by atoms with Crippen molar-refractivity contribution in [2.24, 2.45) is 11.0 Å². The Labute approximate surface area is 235 Å². The Morgan fingerprint density at radius 2 is 1.51 bits per heavy atom. The summed E-state index contributed by atoms with van der Waals surface area (Å²) in [6.07, 6.45) is 5.69. The molecule has 2 aliphatic rings. The van der Waals surface area contributed by atoms with E-state index in [0.717, 1.165) is 29.2 Å². The Morgan fingerprint density at radius 1 is 0.846 bits per heavy atom. The van der Waals surface area contributed by atoms with Crippen LogP contribution in [0.25, 0.3) is 17.3 Å². The van der Waals surface area contributed by atoms with Gasteiger partial charge in [0.15, 0.2) is 0 Å². The van der Waals surface area contributed by atoms with E-state index >= 15 is 0 Å². The number of aromatic nitrogens is 1. The molecule has 198 valence electrons. The first kappa shape index (κ1) is 25.4. The van der Waals surface area contributed by atoms with Crippen LogP contribution in [0, 0.1) is 5.92 Å². The minimum atomic E-state index is 0.130. The highest BCUT2D eigenvalue weighted by atomic mass is 32.1. The molecule has 3 aromatic carbocycles. The topological polar surface area (TPSA) is 35.0 Å². The average Bonchev–Trinajstić information content (AvgIpc) is 3.60. The lowest BCUT2D eigenvalue weighted by molar-refractivity contribution is 0.487. The molecule has 6 rings (SSSR count). The molecule has 6 heteroatoms. The van der Waals surface area contributed by atoms with Crippen LogP contribution in [0.1, 0.15) is 36.4 Å². The SMILES string of the molecule is CN(C)c1ccc(/C=C2\CCC[C@H]3C2=NN(c2nc(-c4ccccc4)cs2)[C@@H]3c2ccc(N(C)C)cc2)cc1. The van der Waals surface area contributed by atoms with Gasteiger partial charge in [0.1, 0.15) is 0 Å². The molecule has 2 atom stereocenters. The van der Waals surface area contributed by atoms with Crippen LogP contribution in [-0.2, 0) is 0 Å². The van der Waals surface area contributed by atoms with Gasteiger partial charge in [0.25, 0.3) is 0 Å². The molecule has 1 saturated carbocycles. The summed E-state index contributed by atoms with van der Waals surface area (Å²) < 4.78 is 0. The fourth-order valence-electron chi connectivity index (χ4n) is 5.64. The molecule has 0 amide bonds. The van der Waals surface area contributed by atoms with Crippen LogP contribution in [0.5, 0.6) is 0 Å². The lowest BCUT2D eigenvalue weighted by Gasteiger charge is -2.29. The first-order valence-corrected chi connectivity index (χ1v) is 14.5. The van der Waals surface area contributed by atoms with Crippen molar-refractivity contribution in [3.05, 3.63) is 101 Å². The van der Waals surface area contributed by atoms with Crippen molar-refractivity contribution in [1.82, 2.24) is 4.98 Å². The molecule has 0 saturated heterocycles. The molecular formula is C33H35N5S. The quantitative estimate of drug-likeness (QED) is 0.254. The zero-order valence-electron chi connectivity index (χ0n) is 23.1. The maximum absolute atomic E-state index is 5.34. The molecule has 0 bridgehead atoms. The molecule has 0 unspecified atom stereocenters. The summed E-state index contributed by atoms with van der Waals surface area (Å²) in [6, 6.07) is 28.3. The Balaban J connectivity index is 1.39. The van der Waals surface area contributed by atoms with Gasteiger partial charge >= 0.3 is 0 Å². The molecule has 4 aromatic rings. The smallest absolute Gasteiger partial charge is 0.207 e. The zero-order valence-corrected chi connectivity index (χ0v) is 23.9. The Bertz CT molecular complexity index is 1480. The third kappa shape index (κ3) is 5.09. The number of thiazole rings is 1. The van der Waals surface area contributed by atoms with Crippen molar-refractivity contribution < 1.29 is 0 Å². The highest BCUT2D eigenvalue weighted by molar-refractivity contribution is 7.14. The van der Waals surface area contributed by atoms with Crippen LogP contribution in [-0.4, -0.2) is 38.9 Å². The minimum Gasteiger partial charge on any atom is -0.378 e. The maximum atomic E-state index is 5.34. The second-order valence-corrected chi connectivity index (χ2v) is 11.6. The normalized spacial score (nSPS) is 19.6. The van der Waals surface area contributed by atoms with E-state index in [4.69, 9.17) is 10.1 Å². The second-order valence-electron chi connectivity index (χ2n) is 10.8. The lowest BCUT2D eigenvalue weighted by Crippen LogP contribution is -2.28. The van der Waals surface area contributed by atoms with Gasteiger partial charge in [-0.15, -0.1) is 11.3 Å². The monoisotopic (exact) mass is 533 g/mol. The molecule has 39 heavy (non-hydrogen) atoms. The molecule has 0 radical (unpaired) electrons. The standard InChI is InChI=1S/C33H35N5S/c1-36(2)27-17-13-23(14-18-27)21-26-11-8-12-29-31(26)35-38(32(29)25-15-19-28(20-16-25)37(3)4)33-34-30(22-39-33)24-9-6-5-7-10-24/h5-7,9-10,13-22,29,32H,8,11-12H2,1-4H3/b26-21+/t29-,32+/m0/s1. The van der Waals surface area contributed by atoms with E-state index in [-0.39, 0.29) is 6.04 Å². The molecule has 0 spiro atoms. The predicted octanol–water partition coefficient (Wildman–Crippen LogP) is 7.74. The largest absolute Gasteiger partial charge is 0.378 e. The summed E-state index contributed by atoms with van der Waals surface area (Å²) in [4.78, 5) is 9.36. The van der Waals surface area contributed by atoms with Gasteiger partial charge in [-0.3, -0.25) is 0 Å². The Hall–Kier alpha value is -3.90. The van der Waals surface area contributed by atoms with Crippen LogP contribution in [0.3, 0.4) is 0 Å². The average molecular weight is 534 g/mol. The van der Waals surface area contributed by atoms with Gasteiger partial charge in [-0.1, -0.05) is 54.6 Å². The molecule has 1 aromatic heterocycles. The molecule has 2 heterocycles. The fraction of sp³-hybridized carbons (Fsp3) is 0.273. The molecule has 1 aliphatic heterocycles. The van der Waals surface area contributed by atoms with E-state index in [0.29, 0.717) is 5.92 Å². The van der Waals surface area contributed by atoms with Crippen molar-refractivity contribution >= 4 is 39.6 Å². The van der Waals surface area contributed by atoms with Gasteiger partial charge in [-0.2, -0.15) is 5.10 Å². The number of anilines is 3. The predicted molar refractivity (Wildman–Crippen MR) is 167 cm³/mol. The number of rotatable bonds is 6. The number of hydrogen-bond donors (Lipinski definition) is 0. The number of nitrogens with zero attached hydrogens (tertiary/aromatic N) is 5. The number of fused-ring (bicyclic) bond motifs is 1. The van der Waals surface area contributed by atoms with Crippen molar-refractivity contribution in [2.75, 3.05) is 43.0 Å². The van der Waals surface area contributed by atoms with Gasteiger partial charge in [0, 0.05) is 56.4 Å². The maximum Gasteiger partial charge on any atom is 0.207 e. The van der Waals surface area contributed by atoms with Crippen LogP contribution in [0.15, 0.2) is 94.9 Å². The van der Waals surface area contributed by atoms with E-state index in [1.54, 1.807) is 11.3 Å². The summed E-state index contributed by atoms with van der Waals surface area (Å²) in [5, 5.41) is 10.6. The second kappa shape index (κ2) is 10.7. The molecule has 1 aliphatic carbocycles.